The molecule has 2 aromatic heterocycles. The highest BCUT2D eigenvalue weighted by Crippen LogP contribution is 2.19. The second kappa shape index (κ2) is 7.18. The second-order valence-electron chi connectivity index (χ2n) is 5.37. The minimum absolute atomic E-state index is 0.0916. The fourth-order valence-electron chi connectivity index (χ4n) is 2.09. The van der Waals surface area contributed by atoms with Crippen LogP contribution in [0, 0.1) is 13.8 Å². The summed E-state index contributed by atoms with van der Waals surface area (Å²) in [4.78, 5) is 24.7. The second-order valence-corrected chi connectivity index (χ2v) is 6.22. The minimum Gasteiger partial charge on any atom is -0.326 e. The Balaban J connectivity index is 1.59. The van der Waals surface area contributed by atoms with Crippen molar-refractivity contribution in [2.24, 2.45) is 0 Å². The third-order valence-corrected chi connectivity index (χ3v) is 4.28. The van der Waals surface area contributed by atoms with E-state index in [1.54, 1.807) is 18.5 Å². The van der Waals surface area contributed by atoms with Gasteiger partial charge >= 0.3 is 0 Å². The number of anilines is 3. The molecule has 0 spiro atoms. The summed E-state index contributed by atoms with van der Waals surface area (Å²) in [5.74, 6) is 0.393. The number of carbonyl (C=O) groups excluding carboxylic acids is 1. The topological polar surface area (TPSA) is 79.8 Å². The van der Waals surface area contributed by atoms with E-state index in [1.165, 1.54) is 16.9 Å². The largest absolute Gasteiger partial charge is 0.326 e. The number of aromatic nitrogens is 3. The van der Waals surface area contributed by atoms with Gasteiger partial charge in [-0.2, -0.15) is 0 Å². The SMILES string of the molecule is Cc1ccc(NC(=O)Cc2csc(Nc3ncccn3)n2)cc1C. The number of rotatable bonds is 5. The first-order valence-corrected chi connectivity index (χ1v) is 8.33. The molecule has 0 radical (unpaired) electrons. The van der Waals surface area contributed by atoms with Crippen molar-refractivity contribution in [1.82, 2.24) is 15.0 Å². The lowest BCUT2D eigenvalue weighted by Gasteiger charge is -2.06. The van der Waals surface area contributed by atoms with Crippen molar-refractivity contribution in [2.45, 2.75) is 20.3 Å². The molecule has 2 N–H and O–H groups in total. The maximum Gasteiger partial charge on any atom is 0.230 e. The highest BCUT2D eigenvalue weighted by atomic mass is 32.1. The van der Waals surface area contributed by atoms with E-state index in [9.17, 15) is 4.79 Å². The van der Waals surface area contributed by atoms with Crippen molar-refractivity contribution in [3.8, 4) is 0 Å². The predicted molar refractivity (Wildman–Crippen MR) is 95.7 cm³/mol. The summed E-state index contributed by atoms with van der Waals surface area (Å²) >= 11 is 1.41. The Bertz CT molecular complexity index is 847. The van der Waals surface area contributed by atoms with Gasteiger partial charge < -0.3 is 10.6 Å². The summed E-state index contributed by atoms with van der Waals surface area (Å²) in [6.07, 6.45) is 3.53. The van der Waals surface area contributed by atoms with E-state index >= 15 is 0 Å². The van der Waals surface area contributed by atoms with Crippen LogP contribution >= 0.6 is 11.3 Å². The van der Waals surface area contributed by atoms with Gasteiger partial charge in [0.1, 0.15) is 0 Å². The van der Waals surface area contributed by atoms with Crippen molar-refractivity contribution in [1.29, 1.82) is 0 Å². The molecule has 1 aromatic carbocycles. The van der Waals surface area contributed by atoms with Gasteiger partial charge in [-0.3, -0.25) is 4.79 Å². The van der Waals surface area contributed by atoms with E-state index in [2.05, 4.69) is 25.6 Å². The van der Waals surface area contributed by atoms with Crippen LogP contribution in [0.1, 0.15) is 16.8 Å². The Labute approximate surface area is 144 Å². The van der Waals surface area contributed by atoms with Crippen molar-refractivity contribution < 1.29 is 4.79 Å². The van der Waals surface area contributed by atoms with E-state index in [0.29, 0.717) is 16.8 Å². The molecule has 0 aliphatic rings. The normalized spacial score (nSPS) is 10.4. The third-order valence-electron chi connectivity index (χ3n) is 3.47. The molecule has 0 fully saturated rings. The fraction of sp³-hybridized carbons (Fsp3) is 0.176. The molecular formula is C17H17N5OS. The minimum atomic E-state index is -0.0916. The van der Waals surface area contributed by atoms with Crippen LogP contribution in [0.25, 0.3) is 0 Å². The molecule has 3 aromatic rings. The van der Waals surface area contributed by atoms with Crippen LogP contribution in [0.15, 0.2) is 42.0 Å². The highest BCUT2D eigenvalue weighted by Gasteiger charge is 2.09. The molecule has 122 valence electrons. The van der Waals surface area contributed by atoms with Gasteiger partial charge in [-0.1, -0.05) is 6.07 Å². The number of thiazole rings is 1. The number of carbonyl (C=O) groups is 1. The van der Waals surface area contributed by atoms with E-state index < -0.39 is 0 Å². The molecule has 6 nitrogen and oxygen atoms in total. The van der Waals surface area contributed by atoms with Crippen LogP contribution in [-0.4, -0.2) is 20.9 Å². The number of nitrogens with one attached hydrogen (secondary N) is 2. The van der Waals surface area contributed by atoms with Gasteiger partial charge in [0.25, 0.3) is 0 Å². The summed E-state index contributed by atoms with van der Waals surface area (Å²) in [5, 5.41) is 8.43. The Kier molecular flexibility index (Phi) is 4.81. The van der Waals surface area contributed by atoms with E-state index in [1.807, 2.05) is 37.4 Å². The molecule has 0 saturated heterocycles. The van der Waals surface area contributed by atoms with Gasteiger partial charge in [0.05, 0.1) is 12.1 Å². The molecule has 0 aliphatic heterocycles. The van der Waals surface area contributed by atoms with Crippen LogP contribution in [0.5, 0.6) is 0 Å². The predicted octanol–water partition coefficient (Wildman–Crippen LogP) is 3.47. The Morgan fingerprint density at radius 3 is 2.71 bits per heavy atom. The lowest BCUT2D eigenvalue weighted by atomic mass is 10.1. The van der Waals surface area contributed by atoms with E-state index in [0.717, 1.165) is 11.3 Å². The molecule has 0 bridgehead atoms. The zero-order valence-electron chi connectivity index (χ0n) is 13.4. The average molecular weight is 339 g/mol. The number of nitrogens with zero attached hydrogens (tertiary/aromatic N) is 3. The number of hydrogen-bond acceptors (Lipinski definition) is 6. The molecule has 0 atom stereocenters. The summed E-state index contributed by atoms with van der Waals surface area (Å²) < 4.78 is 0. The first kappa shape index (κ1) is 16.1. The first-order valence-electron chi connectivity index (χ1n) is 7.46. The molecule has 3 rings (SSSR count). The zero-order valence-corrected chi connectivity index (χ0v) is 14.2. The lowest BCUT2D eigenvalue weighted by molar-refractivity contribution is -0.115. The van der Waals surface area contributed by atoms with Crippen LogP contribution in [-0.2, 0) is 11.2 Å². The van der Waals surface area contributed by atoms with Gasteiger partial charge in [-0.15, -0.1) is 11.3 Å². The van der Waals surface area contributed by atoms with Crippen molar-refractivity contribution in [2.75, 3.05) is 10.6 Å². The molecule has 0 saturated carbocycles. The maximum absolute atomic E-state index is 12.2. The molecule has 24 heavy (non-hydrogen) atoms. The molecular weight excluding hydrogens is 322 g/mol. The molecule has 1 amide bonds. The van der Waals surface area contributed by atoms with E-state index in [4.69, 9.17) is 0 Å². The Morgan fingerprint density at radius 2 is 1.96 bits per heavy atom. The van der Waals surface area contributed by atoms with Gasteiger partial charge in [-0.05, 0) is 43.2 Å². The van der Waals surface area contributed by atoms with Crippen molar-refractivity contribution >= 4 is 34.0 Å². The molecule has 0 unspecified atom stereocenters. The smallest absolute Gasteiger partial charge is 0.230 e. The van der Waals surface area contributed by atoms with E-state index in [-0.39, 0.29) is 12.3 Å². The van der Waals surface area contributed by atoms with Crippen molar-refractivity contribution in [3.05, 3.63) is 58.9 Å². The van der Waals surface area contributed by atoms with Gasteiger partial charge in [0.2, 0.25) is 11.9 Å². The first-order chi connectivity index (χ1) is 11.6. The summed E-state index contributed by atoms with van der Waals surface area (Å²) in [7, 11) is 0. The monoisotopic (exact) mass is 339 g/mol. The zero-order chi connectivity index (χ0) is 16.9. The number of hydrogen-bond donors (Lipinski definition) is 2. The van der Waals surface area contributed by atoms with Crippen LogP contribution < -0.4 is 10.6 Å². The fourth-order valence-corrected chi connectivity index (χ4v) is 2.80. The summed E-state index contributed by atoms with van der Waals surface area (Å²) in [6, 6.07) is 7.61. The van der Waals surface area contributed by atoms with Gasteiger partial charge in [0.15, 0.2) is 5.13 Å². The third kappa shape index (κ3) is 4.14. The number of amides is 1. The van der Waals surface area contributed by atoms with Crippen molar-refractivity contribution in [3.63, 3.8) is 0 Å². The molecule has 2 heterocycles. The summed E-state index contributed by atoms with van der Waals surface area (Å²) in [5.41, 5.74) is 3.86. The van der Waals surface area contributed by atoms with Gasteiger partial charge in [-0.25, -0.2) is 15.0 Å². The lowest BCUT2D eigenvalue weighted by Crippen LogP contribution is -2.14. The quantitative estimate of drug-likeness (QED) is 0.744. The van der Waals surface area contributed by atoms with Crippen LogP contribution in [0.3, 0.4) is 0 Å². The van der Waals surface area contributed by atoms with Crippen LogP contribution in [0.2, 0.25) is 0 Å². The molecule has 0 aliphatic carbocycles. The highest BCUT2D eigenvalue weighted by molar-refractivity contribution is 7.13. The Morgan fingerprint density at radius 1 is 1.17 bits per heavy atom. The van der Waals surface area contributed by atoms with Crippen LogP contribution in [0.4, 0.5) is 16.8 Å². The standard InChI is InChI=1S/C17H17N5OS/c1-11-4-5-13(8-12(11)2)20-15(23)9-14-10-24-17(21-14)22-16-18-6-3-7-19-16/h3-8,10H,9H2,1-2H3,(H,20,23)(H,18,19,21,22). The average Bonchev–Trinajstić information content (AvgIpc) is 2.99. The number of benzene rings is 1. The van der Waals surface area contributed by atoms with Gasteiger partial charge in [0, 0.05) is 23.5 Å². The maximum atomic E-state index is 12.2. The number of aryl methyl sites for hydroxylation is 2. The Hall–Kier alpha value is -2.80. The molecule has 7 heteroatoms. The summed E-state index contributed by atoms with van der Waals surface area (Å²) in [6.45, 7) is 4.07.